The van der Waals surface area contributed by atoms with Crippen molar-refractivity contribution in [1.82, 2.24) is 0 Å². The number of carbonyl (C=O) groups is 1. The second kappa shape index (κ2) is 7.09. The molecule has 0 fully saturated rings. The first-order valence-electron chi connectivity index (χ1n) is 7.30. The van der Waals surface area contributed by atoms with Gasteiger partial charge in [0, 0.05) is 10.5 Å². The summed E-state index contributed by atoms with van der Waals surface area (Å²) in [7, 11) is 0. The number of benzene rings is 2. The van der Waals surface area contributed by atoms with Gasteiger partial charge in [0.1, 0.15) is 5.82 Å². The van der Waals surface area contributed by atoms with Gasteiger partial charge in [-0.25, -0.2) is 4.39 Å². The third kappa shape index (κ3) is 5.03. The van der Waals surface area contributed by atoms with Gasteiger partial charge in [-0.15, -0.1) is 0 Å². The minimum atomic E-state index is -0.476. The molecule has 2 aromatic rings. The van der Waals surface area contributed by atoms with Crippen LogP contribution in [0.2, 0.25) is 0 Å². The van der Waals surface area contributed by atoms with Gasteiger partial charge < -0.3 is 5.32 Å². The summed E-state index contributed by atoms with van der Waals surface area (Å²) >= 11 is 3.18. The zero-order valence-corrected chi connectivity index (χ0v) is 14.9. The maximum atomic E-state index is 13.7. The first kappa shape index (κ1) is 17.4. The average Bonchev–Trinajstić information content (AvgIpc) is 2.47. The largest absolute Gasteiger partial charge is 0.320 e. The molecular weight excluding hydrogens is 357 g/mol. The summed E-state index contributed by atoms with van der Waals surface area (Å²) in [6, 6.07) is 12.5. The fourth-order valence-electron chi connectivity index (χ4n) is 2.03. The van der Waals surface area contributed by atoms with E-state index in [1.807, 2.05) is 24.3 Å². The SMILES string of the molecule is CC(C)(C)c1ccc(/C=C\C(=O)Nc2ccc(Br)cc2F)cc1. The topological polar surface area (TPSA) is 29.1 Å². The van der Waals surface area contributed by atoms with E-state index in [2.05, 4.69) is 42.0 Å². The van der Waals surface area contributed by atoms with Gasteiger partial charge in [0.15, 0.2) is 0 Å². The van der Waals surface area contributed by atoms with Crippen LogP contribution in [0.15, 0.2) is 53.0 Å². The van der Waals surface area contributed by atoms with E-state index >= 15 is 0 Å². The molecule has 0 aliphatic rings. The maximum Gasteiger partial charge on any atom is 0.248 e. The van der Waals surface area contributed by atoms with Crippen LogP contribution in [-0.2, 0) is 10.2 Å². The lowest BCUT2D eigenvalue weighted by Crippen LogP contribution is -2.10. The van der Waals surface area contributed by atoms with Crippen molar-refractivity contribution >= 4 is 33.6 Å². The molecule has 120 valence electrons. The zero-order chi connectivity index (χ0) is 17.0. The van der Waals surface area contributed by atoms with Crippen molar-refractivity contribution in [2.45, 2.75) is 26.2 Å². The molecular formula is C19H19BrFNO. The Morgan fingerprint density at radius 2 is 1.78 bits per heavy atom. The Morgan fingerprint density at radius 1 is 1.13 bits per heavy atom. The lowest BCUT2D eigenvalue weighted by molar-refractivity contribution is -0.111. The number of halogens is 2. The third-order valence-corrected chi connectivity index (χ3v) is 3.89. The fraction of sp³-hybridized carbons (Fsp3) is 0.211. The summed E-state index contributed by atoms with van der Waals surface area (Å²) in [6.45, 7) is 6.45. The Hall–Kier alpha value is -1.94. The van der Waals surface area contributed by atoms with Crippen molar-refractivity contribution in [3.8, 4) is 0 Å². The Kier molecular flexibility index (Phi) is 5.37. The van der Waals surface area contributed by atoms with Crippen molar-refractivity contribution in [1.29, 1.82) is 0 Å². The van der Waals surface area contributed by atoms with Gasteiger partial charge >= 0.3 is 0 Å². The molecule has 4 heteroatoms. The van der Waals surface area contributed by atoms with E-state index in [9.17, 15) is 9.18 Å². The molecule has 23 heavy (non-hydrogen) atoms. The van der Waals surface area contributed by atoms with E-state index in [1.165, 1.54) is 23.8 Å². The van der Waals surface area contributed by atoms with Gasteiger partial charge in [-0.1, -0.05) is 61.0 Å². The molecule has 0 aromatic heterocycles. The molecule has 0 aliphatic heterocycles. The molecule has 0 saturated carbocycles. The Bertz CT molecular complexity index is 730. The maximum absolute atomic E-state index is 13.7. The number of rotatable bonds is 3. The predicted octanol–water partition coefficient (Wildman–Crippen LogP) is 5.54. The average molecular weight is 376 g/mol. The van der Waals surface area contributed by atoms with Crippen LogP contribution in [0.3, 0.4) is 0 Å². The first-order valence-corrected chi connectivity index (χ1v) is 8.10. The standard InChI is InChI=1S/C19H19BrFNO/c1-19(2,3)14-7-4-13(5-8-14)6-11-18(23)22-17-10-9-15(20)12-16(17)21/h4-12H,1-3H3,(H,22,23)/b11-6-. The third-order valence-electron chi connectivity index (χ3n) is 3.39. The first-order chi connectivity index (χ1) is 10.8. The van der Waals surface area contributed by atoms with E-state index in [-0.39, 0.29) is 17.0 Å². The molecule has 1 N–H and O–H groups in total. The second-order valence-corrected chi connectivity index (χ2v) is 7.23. The highest BCUT2D eigenvalue weighted by Gasteiger charge is 2.12. The van der Waals surface area contributed by atoms with Crippen LogP contribution in [0.1, 0.15) is 31.9 Å². The molecule has 2 nitrogen and oxygen atoms in total. The van der Waals surface area contributed by atoms with E-state index < -0.39 is 5.82 Å². The predicted molar refractivity (Wildman–Crippen MR) is 96.9 cm³/mol. The van der Waals surface area contributed by atoms with Gasteiger partial charge in [-0.3, -0.25) is 4.79 Å². The normalized spacial score (nSPS) is 11.7. The second-order valence-electron chi connectivity index (χ2n) is 6.32. The fourth-order valence-corrected chi connectivity index (χ4v) is 2.36. The lowest BCUT2D eigenvalue weighted by Gasteiger charge is -2.18. The quantitative estimate of drug-likeness (QED) is 0.701. The molecule has 0 saturated heterocycles. The van der Waals surface area contributed by atoms with Crippen LogP contribution in [-0.4, -0.2) is 5.91 Å². The Balaban J connectivity index is 2.03. The van der Waals surface area contributed by atoms with Crippen LogP contribution < -0.4 is 5.32 Å². The Morgan fingerprint density at radius 3 is 2.35 bits per heavy atom. The summed E-state index contributed by atoms with van der Waals surface area (Å²) in [5, 5.41) is 2.52. The van der Waals surface area contributed by atoms with Crippen molar-refractivity contribution in [2.24, 2.45) is 0 Å². The van der Waals surface area contributed by atoms with E-state index in [1.54, 1.807) is 12.1 Å². The van der Waals surface area contributed by atoms with Gasteiger partial charge in [0.25, 0.3) is 0 Å². The summed E-state index contributed by atoms with van der Waals surface area (Å²) in [5.41, 5.74) is 2.41. The van der Waals surface area contributed by atoms with Crippen molar-refractivity contribution in [3.63, 3.8) is 0 Å². The van der Waals surface area contributed by atoms with E-state index in [0.29, 0.717) is 4.47 Å². The number of amides is 1. The number of hydrogen-bond acceptors (Lipinski definition) is 1. The molecule has 2 aromatic carbocycles. The Labute approximate surface area is 144 Å². The molecule has 0 aliphatic carbocycles. The zero-order valence-electron chi connectivity index (χ0n) is 13.4. The monoisotopic (exact) mass is 375 g/mol. The highest BCUT2D eigenvalue weighted by molar-refractivity contribution is 9.10. The number of hydrogen-bond donors (Lipinski definition) is 1. The number of carbonyl (C=O) groups excluding carboxylic acids is 1. The number of nitrogens with one attached hydrogen (secondary N) is 1. The molecule has 0 unspecified atom stereocenters. The molecule has 1 amide bonds. The lowest BCUT2D eigenvalue weighted by atomic mass is 9.87. The smallest absolute Gasteiger partial charge is 0.248 e. The van der Waals surface area contributed by atoms with E-state index in [4.69, 9.17) is 0 Å². The molecule has 0 radical (unpaired) electrons. The van der Waals surface area contributed by atoms with Crippen LogP contribution in [0.25, 0.3) is 6.08 Å². The van der Waals surface area contributed by atoms with Crippen LogP contribution in [0, 0.1) is 5.82 Å². The van der Waals surface area contributed by atoms with Gasteiger partial charge in [0.2, 0.25) is 5.91 Å². The molecule has 0 atom stereocenters. The van der Waals surface area contributed by atoms with Gasteiger partial charge in [0.05, 0.1) is 5.69 Å². The van der Waals surface area contributed by atoms with Crippen LogP contribution >= 0.6 is 15.9 Å². The number of anilines is 1. The molecule has 2 rings (SSSR count). The summed E-state index contributed by atoms with van der Waals surface area (Å²) in [5.74, 6) is -0.846. The van der Waals surface area contributed by atoms with Gasteiger partial charge in [-0.05, 0) is 40.8 Å². The van der Waals surface area contributed by atoms with Crippen molar-refractivity contribution < 1.29 is 9.18 Å². The molecule has 0 heterocycles. The summed E-state index contributed by atoms with van der Waals surface area (Å²) in [6.07, 6.45) is 3.10. The van der Waals surface area contributed by atoms with E-state index in [0.717, 1.165) is 5.56 Å². The summed E-state index contributed by atoms with van der Waals surface area (Å²) < 4.78 is 14.3. The van der Waals surface area contributed by atoms with Crippen LogP contribution in [0.5, 0.6) is 0 Å². The van der Waals surface area contributed by atoms with Crippen molar-refractivity contribution in [3.05, 3.63) is 70.0 Å². The minimum Gasteiger partial charge on any atom is -0.320 e. The van der Waals surface area contributed by atoms with Crippen molar-refractivity contribution in [2.75, 3.05) is 5.32 Å². The highest BCUT2D eigenvalue weighted by atomic mass is 79.9. The molecule has 0 spiro atoms. The summed E-state index contributed by atoms with van der Waals surface area (Å²) in [4.78, 5) is 11.9. The molecule has 0 bridgehead atoms. The highest BCUT2D eigenvalue weighted by Crippen LogP contribution is 2.22. The van der Waals surface area contributed by atoms with Gasteiger partial charge in [-0.2, -0.15) is 0 Å². The minimum absolute atomic E-state index is 0.0960. The van der Waals surface area contributed by atoms with Crippen LogP contribution in [0.4, 0.5) is 10.1 Å².